The zero-order chi connectivity index (χ0) is 18.2. The molecule has 0 saturated carbocycles. The van der Waals surface area contributed by atoms with Gasteiger partial charge in [-0.15, -0.1) is 6.58 Å². The number of ether oxygens (including phenoxy) is 1. The van der Waals surface area contributed by atoms with Crippen LogP contribution in [0.15, 0.2) is 41.8 Å². The van der Waals surface area contributed by atoms with Crippen LogP contribution in [0.4, 0.5) is 0 Å². The third-order valence-corrected chi connectivity index (χ3v) is 4.64. The number of hydrogen-bond acceptors (Lipinski definition) is 5. The Bertz CT molecular complexity index is 641. The molecule has 1 amide bonds. The number of rotatable bonds is 10. The van der Waals surface area contributed by atoms with Crippen molar-refractivity contribution in [2.24, 2.45) is 5.92 Å². The van der Waals surface area contributed by atoms with Crippen molar-refractivity contribution >= 4 is 15.9 Å². The number of nitrogens with one attached hydrogen (secondary N) is 2. The van der Waals surface area contributed by atoms with Gasteiger partial charge in [-0.2, -0.15) is 4.72 Å². The largest absolute Gasteiger partial charge is 0.493 e. The molecule has 7 nitrogen and oxygen atoms in total. The van der Waals surface area contributed by atoms with Gasteiger partial charge in [0, 0.05) is 0 Å². The molecule has 0 heterocycles. The van der Waals surface area contributed by atoms with Crippen molar-refractivity contribution in [3.8, 4) is 5.75 Å². The van der Waals surface area contributed by atoms with E-state index in [4.69, 9.17) is 9.94 Å². The predicted molar refractivity (Wildman–Crippen MR) is 90.2 cm³/mol. The smallest absolute Gasteiger partial charge is 0.261 e. The summed E-state index contributed by atoms with van der Waals surface area (Å²) in [6.45, 7) is 7.75. The third-order valence-electron chi connectivity index (χ3n) is 3.16. The summed E-state index contributed by atoms with van der Waals surface area (Å²) in [4.78, 5) is 11.7. The SMILES string of the molecule is C=CCCOc1ccc(S(=O)(=O)NC(CC(C)C)C(=O)NO)cc1. The molecule has 0 bridgehead atoms. The molecule has 3 N–H and O–H groups in total. The van der Waals surface area contributed by atoms with Crippen LogP contribution < -0.4 is 14.9 Å². The summed E-state index contributed by atoms with van der Waals surface area (Å²) >= 11 is 0. The van der Waals surface area contributed by atoms with Crippen molar-refractivity contribution in [2.45, 2.75) is 37.6 Å². The summed E-state index contributed by atoms with van der Waals surface area (Å²) in [7, 11) is -3.90. The topological polar surface area (TPSA) is 105 Å². The van der Waals surface area contributed by atoms with Gasteiger partial charge in [-0.25, -0.2) is 13.9 Å². The highest BCUT2D eigenvalue weighted by Crippen LogP contribution is 2.17. The second-order valence-electron chi connectivity index (χ2n) is 5.68. The van der Waals surface area contributed by atoms with Gasteiger partial charge >= 0.3 is 0 Å². The number of carbonyl (C=O) groups excluding carboxylic acids is 1. The first kappa shape index (κ1) is 20.1. The van der Waals surface area contributed by atoms with Gasteiger partial charge in [-0.1, -0.05) is 19.9 Å². The van der Waals surface area contributed by atoms with Crippen LogP contribution in [0.1, 0.15) is 26.7 Å². The van der Waals surface area contributed by atoms with Gasteiger partial charge in [0.1, 0.15) is 11.8 Å². The minimum atomic E-state index is -3.90. The van der Waals surface area contributed by atoms with Crippen LogP contribution in [-0.2, 0) is 14.8 Å². The molecule has 0 spiro atoms. The predicted octanol–water partition coefficient (Wildman–Crippen LogP) is 1.84. The minimum absolute atomic E-state index is 0.0121. The second kappa shape index (κ2) is 9.41. The number of amides is 1. The fourth-order valence-corrected chi connectivity index (χ4v) is 3.20. The van der Waals surface area contributed by atoms with E-state index in [-0.39, 0.29) is 17.2 Å². The summed E-state index contributed by atoms with van der Waals surface area (Å²) in [6, 6.07) is 4.83. The van der Waals surface area contributed by atoms with Gasteiger partial charge < -0.3 is 4.74 Å². The van der Waals surface area contributed by atoms with Gasteiger partial charge in [0.15, 0.2) is 0 Å². The fraction of sp³-hybridized carbons (Fsp3) is 0.438. The van der Waals surface area contributed by atoms with E-state index in [1.54, 1.807) is 18.2 Å². The molecule has 0 aliphatic rings. The highest BCUT2D eigenvalue weighted by molar-refractivity contribution is 7.89. The van der Waals surface area contributed by atoms with Crippen molar-refractivity contribution in [2.75, 3.05) is 6.61 Å². The Morgan fingerprint density at radius 2 is 1.96 bits per heavy atom. The molecule has 0 aliphatic heterocycles. The molecule has 0 radical (unpaired) electrons. The lowest BCUT2D eigenvalue weighted by Gasteiger charge is -2.18. The Morgan fingerprint density at radius 1 is 1.33 bits per heavy atom. The maximum Gasteiger partial charge on any atom is 0.261 e. The molecule has 0 saturated heterocycles. The van der Waals surface area contributed by atoms with E-state index >= 15 is 0 Å². The normalized spacial score (nSPS) is 12.7. The summed E-state index contributed by atoms with van der Waals surface area (Å²) < 4.78 is 32.5. The maximum atomic E-state index is 12.4. The van der Waals surface area contributed by atoms with Crippen LogP contribution in [0.5, 0.6) is 5.75 Å². The van der Waals surface area contributed by atoms with Gasteiger partial charge in [0.05, 0.1) is 11.5 Å². The summed E-state index contributed by atoms with van der Waals surface area (Å²) in [5, 5.41) is 8.77. The van der Waals surface area contributed by atoms with Crippen LogP contribution in [0.2, 0.25) is 0 Å². The Kier molecular flexibility index (Phi) is 7.90. The zero-order valence-electron chi connectivity index (χ0n) is 13.9. The maximum absolute atomic E-state index is 12.4. The van der Waals surface area contributed by atoms with E-state index in [2.05, 4.69) is 11.3 Å². The molecule has 24 heavy (non-hydrogen) atoms. The molecule has 8 heteroatoms. The summed E-state index contributed by atoms with van der Waals surface area (Å²) in [5.41, 5.74) is 1.49. The molecule has 0 aromatic heterocycles. The van der Waals surface area contributed by atoms with Crippen molar-refractivity contribution in [1.29, 1.82) is 0 Å². The minimum Gasteiger partial charge on any atom is -0.493 e. The first-order valence-electron chi connectivity index (χ1n) is 7.60. The average molecular weight is 356 g/mol. The number of sulfonamides is 1. The van der Waals surface area contributed by atoms with Crippen molar-refractivity contribution in [3.05, 3.63) is 36.9 Å². The highest BCUT2D eigenvalue weighted by atomic mass is 32.2. The van der Waals surface area contributed by atoms with E-state index in [1.165, 1.54) is 17.6 Å². The first-order valence-corrected chi connectivity index (χ1v) is 9.08. The molecule has 0 aliphatic carbocycles. The van der Waals surface area contributed by atoms with Crippen LogP contribution in [0.25, 0.3) is 0 Å². The lowest BCUT2D eigenvalue weighted by molar-refractivity contribution is -0.131. The Balaban J connectivity index is 2.85. The van der Waals surface area contributed by atoms with Crippen molar-refractivity contribution in [3.63, 3.8) is 0 Å². The number of carbonyl (C=O) groups is 1. The number of hydroxylamine groups is 1. The molecular formula is C16H24N2O5S. The van der Waals surface area contributed by atoms with E-state index in [0.717, 1.165) is 0 Å². The molecular weight excluding hydrogens is 332 g/mol. The third kappa shape index (κ3) is 6.31. The summed E-state index contributed by atoms with van der Waals surface area (Å²) in [6.07, 6.45) is 2.67. The quantitative estimate of drug-likeness (QED) is 0.257. The standard InChI is InChI=1S/C16H24N2O5S/c1-4-5-10-23-13-6-8-14(9-7-13)24(21,22)18-15(11-12(2)3)16(19)17-20/h4,6-9,12,15,18,20H,1,5,10-11H2,2-3H3,(H,17,19). The lowest BCUT2D eigenvalue weighted by atomic mass is 10.0. The van der Waals surface area contributed by atoms with Crippen molar-refractivity contribution < 1.29 is 23.2 Å². The summed E-state index contributed by atoms with van der Waals surface area (Å²) in [5.74, 6) is -0.185. The van der Waals surface area contributed by atoms with Crippen LogP contribution in [-0.4, -0.2) is 32.2 Å². The van der Waals surface area contributed by atoms with E-state index in [0.29, 0.717) is 18.8 Å². The second-order valence-corrected chi connectivity index (χ2v) is 7.39. The molecule has 1 unspecified atom stereocenters. The van der Waals surface area contributed by atoms with Gasteiger partial charge in [-0.05, 0) is 43.0 Å². The lowest BCUT2D eigenvalue weighted by Crippen LogP contribution is -2.46. The first-order chi connectivity index (χ1) is 11.3. The Hall–Kier alpha value is -1.90. The molecule has 1 aromatic rings. The monoisotopic (exact) mass is 356 g/mol. The highest BCUT2D eigenvalue weighted by Gasteiger charge is 2.26. The van der Waals surface area contributed by atoms with Crippen molar-refractivity contribution in [1.82, 2.24) is 10.2 Å². The zero-order valence-corrected chi connectivity index (χ0v) is 14.7. The van der Waals surface area contributed by atoms with Gasteiger partial charge in [0.2, 0.25) is 10.0 Å². The molecule has 134 valence electrons. The Labute approximate surface area is 142 Å². The van der Waals surface area contributed by atoms with E-state index in [9.17, 15) is 13.2 Å². The number of hydrogen-bond donors (Lipinski definition) is 3. The fourth-order valence-electron chi connectivity index (χ4n) is 1.99. The molecule has 0 fully saturated rings. The van der Waals surface area contributed by atoms with Gasteiger partial charge in [0.25, 0.3) is 5.91 Å². The number of benzene rings is 1. The Morgan fingerprint density at radius 3 is 2.46 bits per heavy atom. The molecule has 1 aromatic carbocycles. The van der Waals surface area contributed by atoms with Crippen LogP contribution >= 0.6 is 0 Å². The van der Waals surface area contributed by atoms with Gasteiger partial charge in [-0.3, -0.25) is 10.0 Å². The average Bonchev–Trinajstić information content (AvgIpc) is 2.53. The van der Waals surface area contributed by atoms with E-state index < -0.39 is 22.0 Å². The van der Waals surface area contributed by atoms with Crippen LogP contribution in [0.3, 0.4) is 0 Å². The molecule has 1 atom stereocenters. The van der Waals surface area contributed by atoms with E-state index in [1.807, 2.05) is 13.8 Å². The van der Waals surface area contributed by atoms with Crippen LogP contribution in [0, 0.1) is 5.92 Å². The molecule has 1 rings (SSSR count).